The van der Waals surface area contributed by atoms with Crippen LogP contribution in [0.3, 0.4) is 0 Å². The van der Waals surface area contributed by atoms with Gasteiger partial charge >= 0.3 is 0 Å². The average Bonchev–Trinajstić information content (AvgIpc) is 3.55. The fraction of sp³-hybridized carbons (Fsp3) is 0.297. The van der Waals surface area contributed by atoms with Gasteiger partial charge in [-0.05, 0) is 84.5 Å². The SMILES string of the molecule is COc1cccc(C2(NC[C@@H](O)[C@H](Cc3cc(F)cc(F)c3)NC(=O)c3cc(-c4cnc5[nH]ccc5c4)ccc3F)CCCCC2)c1. The number of aliphatic hydroxyl groups is 1. The number of ether oxygens (including phenoxy) is 1. The van der Waals surface area contributed by atoms with Gasteiger partial charge in [-0.3, -0.25) is 4.79 Å². The van der Waals surface area contributed by atoms with Gasteiger partial charge in [0.1, 0.15) is 28.8 Å². The van der Waals surface area contributed by atoms with Crippen LogP contribution >= 0.6 is 0 Å². The van der Waals surface area contributed by atoms with E-state index in [1.54, 1.807) is 25.6 Å². The minimum Gasteiger partial charge on any atom is -0.497 e. The third-order valence-electron chi connectivity index (χ3n) is 9.08. The Balaban J connectivity index is 1.26. The summed E-state index contributed by atoms with van der Waals surface area (Å²) < 4.78 is 48.9. The van der Waals surface area contributed by atoms with Gasteiger partial charge in [0, 0.05) is 41.5 Å². The molecule has 0 bridgehead atoms. The molecule has 244 valence electrons. The molecule has 5 aromatic rings. The van der Waals surface area contributed by atoms with Crippen LogP contribution < -0.4 is 15.4 Å². The number of benzene rings is 3. The highest BCUT2D eigenvalue weighted by molar-refractivity contribution is 5.96. The fourth-order valence-electron chi connectivity index (χ4n) is 6.57. The molecule has 6 rings (SSSR count). The summed E-state index contributed by atoms with van der Waals surface area (Å²) in [4.78, 5) is 21.1. The Morgan fingerprint density at radius 2 is 1.77 bits per heavy atom. The molecule has 1 amide bonds. The van der Waals surface area contributed by atoms with E-state index in [9.17, 15) is 18.7 Å². The molecule has 0 radical (unpaired) electrons. The van der Waals surface area contributed by atoms with Crippen LogP contribution in [-0.2, 0) is 12.0 Å². The molecule has 0 spiro atoms. The lowest BCUT2D eigenvalue weighted by atomic mass is 9.76. The van der Waals surface area contributed by atoms with Crippen molar-refractivity contribution >= 4 is 16.9 Å². The zero-order valence-electron chi connectivity index (χ0n) is 26.0. The third-order valence-corrected chi connectivity index (χ3v) is 9.08. The van der Waals surface area contributed by atoms with Crippen LogP contribution in [0.15, 0.2) is 85.2 Å². The van der Waals surface area contributed by atoms with E-state index in [2.05, 4.69) is 20.6 Å². The lowest BCUT2D eigenvalue weighted by molar-refractivity contribution is 0.0785. The molecular weight excluding hydrogens is 605 g/mol. The lowest BCUT2D eigenvalue weighted by Gasteiger charge is -2.40. The quantitative estimate of drug-likeness (QED) is 0.127. The molecule has 1 fully saturated rings. The summed E-state index contributed by atoms with van der Waals surface area (Å²) in [7, 11) is 1.61. The van der Waals surface area contributed by atoms with Crippen LogP contribution in [0.2, 0.25) is 0 Å². The number of fused-ring (bicyclic) bond motifs is 1. The maximum atomic E-state index is 15.1. The summed E-state index contributed by atoms with van der Waals surface area (Å²) in [6, 6.07) is 17.8. The van der Waals surface area contributed by atoms with Crippen molar-refractivity contribution in [3.8, 4) is 16.9 Å². The van der Waals surface area contributed by atoms with Crippen molar-refractivity contribution in [3.63, 3.8) is 0 Å². The van der Waals surface area contributed by atoms with Crippen molar-refractivity contribution < 1.29 is 27.8 Å². The maximum Gasteiger partial charge on any atom is 0.254 e. The summed E-state index contributed by atoms with van der Waals surface area (Å²) in [5.74, 6) is -2.33. The van der Waals surface area contributed by atoms with Crippen molar-refractivity contribution in [2.45, 2.75) is 56.2 Å². The highest BCUT2D eigenvalue weighted by atomic mass is 19.1. The van der Waals surface area contributed by atoms with E-state index in [0.29, 0.717) is 16.8 Å². The van der Waals surface area contributed by atoms with Crippen molar-refractivity contribution in [2.75, 3.05) is 13.7 Å². The second-order valence-electron chi connectivity index (χ2n) is 12.2. The Hall–Kier alpha value is -4.67. The molecule has 47 heavy (non-hydrogen) atoms. The topological polar surface area (TPSA) is 99.3 Å². The molecule has 2 heterocycles. The Labute approximate surface area is 271 Å². The average molecular weight is 643 g/mol. The molecule has 0 unspecified atom stereocenters. The molecule has 0 aliphatic heterocycles. The van der Waals surface area contributed by atoms with Gasteiger partial charge in [0.2, 0.25) is 0 Å². The number of H-pyrrole nitrogens is 1. The van der Waals surface area contributed by atoms with E-state index >= 15 is 4.39 Å². The number of halogens is 3. The first kappa shape index (κ1) is 32.3. The number of hydrogen-bond acceptors (Lipinski definition) is 5. The van der Waals surface area contributed by atoms with Gasteiger partial charge in [-0.25, -0.2) is 18.2 Å². The van der Waals surface area contributed by atoms with Gasteiger partial charge in [-0.15, -0.1) is 0 Å². The number of nitrogens with zero attached hydrogens (tertiary/aromatic N) is 1. The molecular formula is C37H37F3N4O3. The largest absolute Gasteiger partial charge is 0.497 e. The van der Waals surface area contributed by atoms with E-state index in [1.807, 2.05) is 36.4 Å². The molecule has 1 saturated carbocycles. The van der Waals surface area contributed by atoms with Gasteiger partial charge < -0.3 is 25.5 Å². The molecule has 7 nitrogen and oxygen atoms in total. The van der Waals surface area contributed by atoms with Gasteiger partial charge in [-0.1, -0.05) is 37.5 Å². The number of aliphatic hydroxyl groups excluding tert-OH is 1. The van der Waals surface area contributed by atoms with Crippen LogP contribution in [0, 0.1) is 17.5 Å². The van der Waals surface area contributed by atoms with Crippen molar-refractivity contribution in [3.05, 3.63) is 119 Å². The summed E-state index contributed by atoms with van der Waals surface area (Å²) in [5, 5.41) is 18.8. The lowest BCUT2D eigenvalue weighted by Crippen LogP contribution is -2.53. The number of aromatic amines is 1. The second kappa shape index (κ2) is 14.0. The van der Waals surface area contributed by atoms with E-state index in [0.717, 1.165) is 67.0 Å². The number of nitrogens with one attached hydrogen (secondary N) is 3. The van der Waals surface area contributed by atoms with Crippen molar-refractivity contribution in [1.82, 2.24) is 20.6 Å². The highest BCUT2D eigenvalue weighted by Crippen LogP contribution is 2.38. The monoisotopic (exact) mass is 642 g/mol. The number of aromatic nitrogens is 2. The third kappa shape index (κ3) is 7.34. The van der Waals surface area contributed by atoms with Gasteiger partial charge in [-0.2, -0.15) is 0 Å². The molecule has 1 aliphatic rings. The highest BCUT2D eigenvalue weighted by Gasteiger charge is 2.35. The minimum atomic E-state index is -1.19. The Kier molecular flexibility index (Phi) is 9.60. The fourth-order valence-corrected chi connectivity index (χ4v) is 6.57. The molecule has 10 heteroatoms. The smallest absolute Gasteiger partial charge is 0.254 e. The molecule has 3 aromatic carbocycles. The number of carbonyl (C=O) groups excluding carboxylic acids is 1. The standard InChI is InChI=1S/C37H37F3N4O3/c1-47-30-7-5-6-27(19-30)37(11-3-2-4-12-37)43-22-34(45)33(16-23-14-28(38)20-29(39)15-23)44-36(46)31-18-24(8-9-32(31)40)26-17-25-10-13-41-35(25)42-21-26/h5-10,13-15,17-21,33-34,43,45H,2-4,11-12,16,22H2,1H3,(H,41,42)(H,44,46)/t33-,34+/m0/s1. The van der Waals surface area contributed by atoms with Crippen LogP contribution in [-0.4, -0.2) is 46.8 Å². The molecule has 0 saturated heterocycles. The Bertz CT molecular complexity index is 1850. The molecule has 2 atom stereocenters. The van der Waals surface area contributed by atoms with E-state index in [4.69, 9.17) is 4.74 Å². The van der Waals surface area contributed by atoms with E-state index in [1.165, 1.54) is 12.1 Å². The second-order valence-corrected chi connectivity index (χ2v) is 12.2. The first-order chi connectivity index (χ1) is 22.7. The first-order valence-electron chi connectivity index (χ1n) is 15.8. The number of carbonyl (C=O) groups is 1. The van der Waals surface area contributed by atoms with E-state index < -0.39 is 41.0 Å². The minimum absolute atomic E-state index is 0.0603. The number of amides is 1. The normalized spacial score (nSPS) is 15.7. The Morgan fingerprint density at radius 1 is 0.979 bits per heavy atom. The zero-order chi connectivity index (χ0) is 33.0. The predicted octanol–water partition coefficient (Wildman–Crippen LogP) is 6.81. The summed E-state index contributed by atoms with van der Waals surface area (Å²) in [6.07, 6.45) is 6.86. The summed E-state index contributed by atoms with van der Waals surface area (Å²) >= 11 is 0. The van der Waals surface area contributed by atoms with Crippen LogP contribution in [0.1, 0.15) is 53.6 Å². The van der Waals surface area contributed by atoms with Crippen LogP contribution in [0.4, 0.5) is 13.2 Å². The van der Waals surface area contributed by atoms with E-state index in [-0.39, 0.29) is 24.1 Å². The number of methoxy groups -OCH3 is 1. The first-order valence-corrected chi connectivity index (χ1v) is 15.8. The summed E-state index contributed by atoms with van der Waals surface area (Å²) in [6.45, 7) is 0.0603. The maximum absolute atomic E-state index is 15.1. The van der Waals surface area contributed by atoms with Gasteiger partial charge in [0.05, 0.1) is 24.8 Å². The van der Waals surface area contributed by atoms with Crippen LogP contribution in [0.25, 0.3) is 22.2 Å². The van der Waals surface area contributed by atoms with Gasteiger partial charge in [0.15, 0.2) is 0 Å². The molecule has 2 aromatic heterocycles. The Morgan fingerprint density at radius 3 is 2.53 bits per heavy atom. The van der Waals surface area contributed by atoms with Crippen molar-refractivity contribution in [2.24, 2.45) is 0 Å². The predicted molar refractivity (Wildman–Crippen MR) is 175 cm³/mol. The molecule has 4 N–H and O–H groups in total. The number of pyridine rings is 1. The molecule has 1 aliphatic carbocycles. The summed E-state index contributed by atoms with van der Waals surface area (Å²) in [5.41, 5.74) is 2.58. The zero-order valence-corrected chi connectivity index (χ0v) is 26.0. The van der Waals surface area contributed by atoms with Crippen LogP contribution in [0.5, 0.6) is 5.75 Å². The number of hydrogen-bond donors (Lipinski definition) is 4. The van der Waals surface area contributed by atoms with Crippen molar-refractivity contribution in [1.29, 1.82) is 0 Å². The number of rotatable bonds is 11. The van der Waals surface area contributed by atoms with Gasteiger partial charge in [0.25, 0.3) is 5.91 Å².